The molecule has 0 saturated carbocycles. The molecule has 2 rings (SSSR count). The highest BCUT2D eigenvalue weighted by molar-refractivity contribution is 5.88. The van der Waals surface area contributed by atoms with Crippen LogP contribution in [0.3, 0.4) is 0 Å². The van der Waals surface area contributed by atoms with E-state index in [-0.39, 0.29) is 18.0 Å². The van der Waals surface area contributed by atoms with Crippen LogP contribution in [-0.2, 0) is 17.8 Å². The van der Waals surface area contributed by atoms with E-state index in [0.717, 1.165) is 17.5 Å². The Bertz CT molecular complexity index is 791. The van der Waals surface area contributed by atoms with E-state index in [2.05, 4.69) is 5.32 Å². The maximum Gasteiger partial charge on any atom is 0.341 e. The SMILES string of the molecule is CCc1ccc(-c2ccc(C(=O)O)c(=O)n2CC(=O)NC)cc1. The highest BCUT2D eigenvalue weighted by atomic mass is 16.4. The first-order valence-electron chi connectivity index (χ1n) is 7.25. The molecule has 0 atom stereocenters. The van der Waals surface area contributed by atoms with Crippen molar-refractivity contribution in [1.29, 1.82) is 0 Å². The highest BCUT2D eigenvalue weighted by Crippen LogP contribution is 2.19. The molecule has 0 fully saturated rings. The van der Waals surface area contributed by atoms with Crippen LogP contribution in [0.15, 0.2) is 41.2 Å². The molecule has 120 valence electrons. The van der Waals surface area contributed by atoms with Crippen molar-refractivity contribution in [2.75, 3.05) is 7.05 Å². The molecular weight excluding hydrogens is 296 g/mol. The quantitative estimate of drug-likeness (QED) is 0.876. The van der Waals surface area contributed by atoms with E-state index >= 15 is 0 Å². The highest BCUT2D eigenvalue weighted by Gasteiger charge is 2.16. The number of amides is 1. The Labute approximate surface area is 133 Å². The van der Waals surface area contributed by atoms with Gasteiger partial charge in [-0.3, -0.25) is 14.2 Å². The number of aryl methyl sites for hydroxylation is 1. The number of nitrogens with one attached hydrogen (secondary N) is 1. The predicted octanol–water partition coefficient (Wildman–Crippen LogP) is 1.52. The van der Waals surface area contributed by atoms with Crippen LogP contribution in [-0.4, -0.2) is 28.6 Å². The molecule has 1 amide bonds. The molecule has 0 bridgehead atoms. The van der Waals surface area contributed by atoms with Gasteiger partial charge in [0.15, 0.2) is 0 Å². The number of rotatable bonds is 5. The molecule has 0 aliphatic carbocycles. The Morgan fingerprint density at radius 2 is 1.78 bits per heavy atom. The van der Waals surface area contributed by atoms with Crippen molar-refractivity contribution in [3.63, 3.8) is 0 Å². The number of carbonyl (C=O) groups excluding carboxylic acids is 1. The molecule has 0 spiro atoms. The molecule has 1 aromatic heterocycles. The smallest absolute Gasteiger partial charge is 0.341 e. The van der Waals surface area contributed by atoms with Crippen LogP contribution in [0.4, 0.5) is 0 Å². The second-order valence-corrected chi connectivity index (χ2v) is 5.05. The minimum Gasteiger partial charge on any atom is -0.477 e. The van der Waals surface area contributed by atoms with Crippen molar-refractivity contribution < 1.29 is 14.7 Å². The summed E-state index contributed by atoms with van der Waals surface area (Å²) in [5.74, 6) is -1.69. The van der Waals surface area contributed by atoms with Crippen molar-refractivity contribution in [2.24, 2.45) is 0 Å². The van der Waals surface area contributed by atoms with Gasteiger partial charge in [0.25, 0.3) is 5.56 Å². The summed E-state index contributed by atoms with van der Waals surface area (Å²) < 4.78 is 1.18. The molecule has 0 aliphatic rings. The van der Waals surface area contributed by atoms with E-state index < -0.39 is 11.5 Å². The van der Waals surface area contributed by atoms with Crippen LogP contribution in [0.1, 0.15) is 22.8 Å². The zero-order valence-electron chi connectivity index (χ0n) is 13.0. The van der Waals surface area contributed by atoms with Crippen LogP contribution in [0.5, 0.6) is 0 Å². The second-order valence-electron chi connectivity index (χ2n) is 5.05. The van der Waals surface area contributed by atoms with Crippen molar-refractivity contribution in [3.05, 3.63) is 57.9 Å². The fourth-order valence-corrected chi connectivity index (χ4v) is 2.28. The maximum absolute atomic E-state index is 12.4. The summed E-state index contributed by atoms with van der Waals surface area (Å²) in [7, 11) is 1.46. The van der Waals surface area contributed by atoms with Gasteiger partial charge < -0.3 is 10.4 Å². The number of carbonyl (C=O) groups is 2. The lowest BCUT2D eigenvalue weighted by Crippen LogP contribution is -2.33. The summed E-state index contributed by atoms with van der Waals surface area (Å²) in [6.45, 7) is 1.81. The minimum atomic E-state index is -1.31. The largest absolute Gasteiger partial charge is 0.477 e. The van der Waals surface area contributed by atoms with E-state index in [9.17, 15) is 14.4 Å². The molecule has 1 heterocycles. The van der Waals surface area contributed by atoms with Crippen molar-refractivity contribution >= 4 is 11.9 Å². The van der Waals surface area contributed by atoms with Crippen LogP contribution >= 0.6 is 0 Å². The number of nitrogens with zero attached hydrogens (tertiary/aromatic N) is 1. The summed E-state index contributed by atoms with van der Waals surface area (Å²) in [4.78, 5) is 35.2. The third kappa shape index (κ3) is 3.48. The normalized spacial score (nSPS) is 10.3. The Kier molecular flexibility index (Phi) is 4.95. The van der Waals surface area contributed by atoms with E-state index in [4.69, 9.17) is 5.11 Å². The first-order chi connectivity index (χ1) is 11.0. The number of hydrogen-bond acceptors (Lipinski definition) is 3. The van der Waals surface area contributed by atoms with Gasteiger partial charge >= 0.3 is 5.97 Å². The second kappa shape index (κ2) is 6.91. The van der Waals surface area contributed by atoms with Gasteiger partial charge in [0.1, 0.15) is 12.1 Å². The number of hydrogen-bond donors (Lipinski definition) is 2. The average Bonchev–Trinajstić information content (AvgIpc) is 2.56. The van der Waals surface area contributed by atoms with Crippen molar-refractivity contribution in [2.45, 2.75) is 19.9 Å². The standard InChI is InChI=1S/C17H18N2O4/c1-3-11-4-6-12(7-5-11)14-9-8-13(17(22)23)16(21)19(14)10-15(20)18-2/h4-9H,3,10H2,1-2H3,(H,18,20)(H,22,23). The lowest BCUT2D eigenvalue weighted by Gasteiger charge is -2.13. The van der Waals surface area contributed by atoms with Gasteiger partial charge in [0.05, 0.1) is 5.69 Å². The average molecular weight is 314 g/mol. The number of pyridine rings is 1. The summed E-state index contributed by atoms with van der Waals surface area (Å²) >= 11 is 0. The minimum absolute atomic E-state index is 0.235. The molecule has 23 heavy (non-hydrogen) atoms. The van der Waals surface area contributed by atoms with Crippen molar-refractivity contribution in [3.8, 4) is 11.3 Å². The van der Waals surface area contributed by atoms with Crippen molar-refractivity contribution in [1.82, 2.24) is 9.88 Å². The van der Waals surface area contributed by atoms with Gasteiger partial charge in [-0.2, -0.15) is 0 Å². The summed E-state index contributed by atoms with van der Waals surface area (Å²) in [5.41, 5.74) is 1.35. The third-order valence-electron chi connectivity index (χ3n) is 3.64. The van der Waals surface area contributed by atoms with Gasteiger partial charge in [-0.25, -0.2) is 4.79 Å². The molecule has 0 unspecified atom stereocenters. The maximum atomic E-state index is 12.4. The molecule has 0 radical (unpaired) electrons. The number of aromatic nitrogens is 1. The van der Waals surface area contributed by atoms with E-state index in [1.807, 2.05) is 31.2 Å². The summed E-state index contributed by atoms with van der Waals surface area (Å²) in [6.07, 6.45) is 0.892. The summed E-state index contributed by atoms with van der Waals surface area (Å²) in [5, 5.41) is 11.5. The Balaban J connectivity index is 2.61. The number of aromatic carboxylic acids is 1. The van der Waals surface area contributed by atoms with Gasteiger partial charge in [0, 0.05) is 7.05 Å². The zero-order valence-corrected chi connectivity index (χ0v) is 13.0. The van der Waals surface area contributed by atoms with E-state index in [1.54, 1.807) is 6.07 Å². The first-order valence-corrected chi connectivity index (χ1v) is 7.25. The third-order valence-corrected chi connectivity index (χ3v) is 3.64. The van der Waals surface area contributed by atoms with E-state index in [0.29, 0.717) is 5.69 Å². The van der Waals surface area contributed by atoms with Crippen LogP contribution < -0.4 is 10.9 Å². The topological polar surface area (TPSA) is 88.4 Å². The molecular formula is C17H18N2O4. The van der Waals surface area contributed by atoms with Crippen LogP contribution in [0, 0.1) is 0 Å². The number of carboxylic acids is 1. The number of carboxylic acid groups (broad SMARTS) is 1. The van der Waals surface area contributed by atoms with Crippen LogP contribution in [0.2, 0.25) is 0 Å². The molecule has 6 heteroatoms. The monoisotopic (exact) mass is 314 g/mol. The van der Waals surface area contributed by atoms with Gasteiger partial charge in [-0.05, 0) is 29.7 Å². The molecule has 2 N–H and O–H groups in total. The molecule has 0 saturated heterocycles. The Morgan fingerprint density at radius 1 is 1.13 bits per heavy atom. The molecule has 1 aromatic carbocycles. The molecule has 6 nitrogen and oxygen atoms in total. The first kappa shape index (κ1) is 16.5. The van der Waals surface area contributed by atoms with E-state index in [1.165, 1.54) is 17.7 Å². The van der Waals surface area contributed by atoms with Gasteiger partial charge in [-0.15, -0.1) is 0 Å². The Morgan fingerprint density at radius 3 is 2.30 bits per heavy atom. The number of benzene rings is 1. The lowest BCUT2D eigenvalue weighted by molar-refractivity contribution is -0.121. The number of likely N-dealkylation sites (N-methyl/N-ethyl adjacent to an activating group) is 1. The predicted molar refractivity (Wildman–Crippen MR) is 86.5 cm³/mol. The Hall–Kier alpha value is -2.89. The van der Waals surface area contributed by atoms with Crippen LogP contribution in [0.25, 0.3) is 11.3 Å². The fraction of sp³-hybridized carbons (Fsp3) is 0.235. The molecule has 2 aromatic rings. The summed E-state index contributed by atoms with van der Waals surface area (Å²) in [6, 6.07) is 10.4. The fourth-order valence-electron chi connectivity index (χ4n) is 2.28. The van der Waals surface area contributed by atoms with Gasteiger partial charge in [0.2, 0.25) is 5.91 Å². The molecule has 0 aliphatic heterocycles. The van der Waals surface area contributed by atoms with Gasteiger partial charge in [-0.1, -0.05) is 31.2 Å². The lowest BCUT2D eigenvalue weighted by atomic mass is 10.1. The zero-order chi connectivity index (χ0) is 17.0.